The topological polar surface area (TPSA) is 211 Å². The van der Waals surface area contributed by atoms with Crippen LogP contribution in [0.4, 0.5) is 0 Å². The molecule has 13 heteroatoms. The summed E-state index contributed by atoms with van der Waals surface area (Å²) in [6, 6.07) is 12.0. The van der Waals surface area contributed by atoms with E-state index in [1.54, 1.807) is 43.3 Å². The normalized spacial score (nSPS) is 18.4. The van der Waals surface area contributed by atoms with Gasteiger partial charge in [-0.15, -0.1) is 0 Å². The summed E-state index contributed by atoms with van der Waals surface area (Å²) in [6.07, 6.45) is 0.908. The minimum atomic E-state index is -1.35. The van der Waals surface area contributed by atoms with Crippen LogP contribution in [-0.4, -0.2) is 83.5 Å². The van der Waals surface area contributed by atoms with Gasteiger partial charge in [-0.3, -0.25) is 28.8 Å². The van der Waals surface area contributed by atoms with Crippen molar-refractivity contribution in [2.45, 2.75) is 116 Å². The molecule has 1 fully saturated rings. The number of nitrogens with one attached hydrogen (secondary N) is 2. The maximum absolute atomic E-state index is 13.4. The van der Waals surface area contributed by atoms with E-state index in [0.29, 0.717) is 36.4 Å². The van der Waals surface area contributed by atoms with Gasteiger partial charge in [0.2, 0.25) is 11.8 Å². The summed E-state index contributed by atoms with van der Waals surface area (Å²) < 4.78 is 5.49. The first-order valence-electron chi connectivity index (χ1n) is 19.0. The van der Waals surface area contributed by atoms with Gasteiger partial charge in [0.15, 0.2) is 23.1 Å². The molecule has 2 unspecified atom stereocenters. The van der Waals surface area contributed by atoms with E-state index in [2.05, 4.69) is 10.6 Å². The average Bonchev–Trinajstić information content (AvgIpc) is 3.92. The van der Waals surface area contributed by atoms with Gasteiger partial charge in [-0.05, 0) is 75.4 Å². The number of epoxide rings is 1. The van der Waals surface area contributed by atoms with Crippen LogP contribution >= 0.6 is 11.6 Å². The number of Topliss-reactive ketones (excluding diaryl/α,β-unsaturated/α-hetero) is 4. The lowest BCUT2D eigenvalue weighted by Gasteiger charge is -2.25. The maximum atomic E-state index is 13.4. The van der Waals surface area contributed by atoms with Crippen LogP contribution in [0.25, 0.3) is 11.1 Å². The highest BCUT2D eigenvalue weighted by molar-refractivity contribution is 6.30. The molecule has 0 aromatic heterocycles. The smallest absolute Gasteiger partial charge is 0.224 e. The molecule has 8 atom stereocenters. The molecule has 1 saturated heterocycles. The van der Waals surface area contributed by atoms with E-state index in [1.165, 1.54) is 13.8 Å². The van der Waals surface area contributed by atoms with Gasteiger partial charge in [0.25, 0.3) is 0 Å². The Labute approximate surface area is 323 Å². The monoisotopic (exact) mass is 768 g/mol. The number of amides is 2. The fraction of sp³-hybridized carbons (Fsp3) is 0.561. The van der Waals surface area contributed by atoms with Crippen LogP contribution in [0.2, 0.25) is 5.02 Å². The number of hydrogen-bond donors (Lipinski definition) is 5. The van der Waals surface area contributed by atoms with Crippen molar-refractivity contribution in [3.05, 3.63) is 59.1 Å². The van der Waals surface area contributed by atoms with Gasteiger partial charge in [0.05, 0.1) is 18.2 Å². The second kappa shape index (κ2) is 21.9. The summed E-state index contributed by atoms with van der Waals surface area (Å²) in [6.45, 7) is 7.09. The van der Waals surface area contributed by atoms with Crippen LogP contribution in [0.1, 0.15) is 95.8 Å². The van der Waals surface area contributed by atoms with Crippen molar-refractivity contribution in [2.24, 2.45) is 29.2 Å². The highest BCUT2D eigenvalue weighted by atomic mass is 35.5. The Morgan fingerprint density at radius 1 is 0.778 bits per heavy atom. The minimum Gasteiger partial charge on any atom is -0.391 e. The quantitative estimate of drug-likeness (QED) is 0.0548. The zero-order chi connectivity index (χ0) is 39.9. The van der Waals surface area contributed by atoms with E-state index in [9.17, 15) is 33.9 Å². The Kier molecular flexibility index (Phi) is 18.1. The van der Waals surface area contributed by atoms with Crippen molar-refractivity contribution in [3.63, 3.8) is 0 Å². The molecule has 1 aliphatic rings. The molecule has 12 nitrogen and oxygen atoms in total. The summed E-state index contributed by atoms with van der Waals surface area (Å²) in [5, 5.41) is 16.5. The number of carbonyl (C=O) groups excluding carboxylic acids is 6. The number of benzene rings is 2. The molecule has 296 valence electrons. The molecule has 0 spiro atoms. The summed E-state index contributed by atoms with van der Waals surface area (Å²) in [5.74, 6) is -4.81. The molecular weight excluding hydrogens is 712 g/mol. The number of ketones is 4. The second-order valence-electron chi connectivity index (χ2n) is 14.5. The number of carbonyl (C=O) groups is 6. The molecule has 1 aliphatic heterocycles. The molecule has 1 heterocycles. The molecule has 0 radical (unpaired) electrons. The van der Waals surface area contributed by atoms with Gasteiger partial charge in [-0.1, -0.05) is 75.2 Å². The summed E-state index contributed by atoms with van der Waals surface area (Å²) in [5.41, 5.74) is 13.7. The average molecular weight is 769 g/mol. The minimum absolute atomic E-state index is 0.0598. The number of hydrogen-bond acceptors (Lipinski definition) is 10. The fourth-order valence-electron chi connectivity index (χ4n) is 6.46. The lowest BCUT2D eigenvalue weighted by molar-refractivity contribution is -0.135. The number of unbranched alkanes of at least 4 members (excludes halogenated alkanes) is 1. The molecule has 0 saturated carbocycles. The summed E-state index contributed by atoms with van der Waals surface area (Å²) >= 11 is 5.99. The van der Waals surface area contributed by atoms with Gasteiger partial charge in [-0.2, -0.15) is 0 Å². The molecular formula is C41H57ClN4O8. The lowest BCUT2D eigenvalue weighted by Crippen LogP contribution is -2.51. The second-order valence-corrected chi connectivity index (χ2v) is 14.9. The number of aliphatic hydroxyl groups excluding tert-OH is 1. The van der Waals surface area contributed by atoms with E-state index in [4.69, 9.17) is 27.8 Å². The zero-order valence-electron chi connectivity index (χ0n) is 31.9. The third kappa shape index (κ3) is 13.5. The first-order chi connectivity index (χ1) is 25.7. The van der Waals surface area contributed by atoms with Gasteiger partial charge < -0.3 is 31.9 Å². The van der Waals surface area contributed by atoms with Crippen molar-refractivity contribution < 1.29 is 38.6 Å². The Bertz CT molecular complexity index is 1580. The number of nitrogens with two attached hydrogens (primary N) is 2. The Morgan fingerprint density at radius 2 is 1.39 bits per heavy atom. The number of halogens is 1. The Hall–Kier alpha value is -3.81. The van der Waals surface area contributed by atoms with Crippen molar-refractivity contribution in [1.29, 1.82) is 0 Å². The van der Waals surface area contributed by atoms with Crippen LogP contribution in [0.3, 0.4) is 0 Å². The largest absolute Gasteiger partial charge is 0.391 e. The van der Waals surface area contributed by atoms with Crippen LogP contribution < -0.4 is 22.1 Å². The van der Waals surface area contributed by atoms with Crippen molar-refractivity contribution in [2.75, 3.05) is 13.1 Å². The van der Waals surface area contributed by atoms with E-state index in [-0.39, 0.29) is 55.7 Å². The van der Waals surface area contributed by atoms with Crippen molar-refractivity contribution in [3.8, 4) is 11.1 Å². The third-order valence-corrected chi connectivity index (χ3v) is 10.1. The maximum Gasteiger partial charge on any atom is 0.224 e. The Morgan fingerprint density at radius 3 is 1.96 bits per heavy atom. The number of rotatable bonds is 25. The summed E-state index contributed by atoms with van der Waals surface area (Å²) in [4.78, 5) is 79.6. The van der Waals surface area contributed by atoms with Gasteiger partial charge in [0.1, 0.15) is 12.1 Å². The van der Waals surface area contributed by atoms with E-state index in [1.807, 2.05) is 19.1 Å². The molecule has 3 rings (SSSR count). The number of ether oxygens (including phenoxy) is 1. The van der Waals surface area contributed by atoms with Crippen LogP contribution in [0.15, 0.2) is 48.5 Å². The zero-order valence-corrected chi connectivity index (χ0v) is 32.6. The first kappa shape index (κ1) is 44.6. The van der Waals surface area contributed by atoms with Crippen molar-refractivity contribution in [1.82, 2.24) is 10.6 Å². The lowest BCUT2D eigenvalue weighted by atomic mass is 9.91. The van der Waals surface area contributed by atoms with E-state index in [0.717, 1.165) is 24.0 Å². The van der Waals surface area contributed by atoms with Gasteiger partial charge in [0, 0.05) is 47.6 Å². The standard InChI is InChI=1S/C41H57ClN4O8/c1-5-8-36-39(54-36)38(51)24(2)21-34(49)32(9-6-7-19-43)45-40(52)25(3)22-35(50)37(26(4)47)46-41(53)30(18-20-44)23-33(48)29-12-10-27(11-13-29)28-14-16-31(42)17-15-28/h10-17,24-26,30,32,36-37,39,47H,5-9,18-23,43-44H2,1-4H3,(H,45,52)(H,46,53)/t24-,25-,26-,30-,32+,36?,37+,39?/m1/s1. The van der Waals surface area contributed by atoms with E-state index >= 15 is 0 Å². The molecule has 54 heavy (non-hydrogen) atoms. The molecule has 7 N–H and O–H groups in total. The molecule has 2 aromatic rings. The SMILES string of the molecule is CCCC1OC1C(=O)[C@H](C)CC(=O)[C@H](CCCCN)NC(=O)[C@H](C)CC(=O)[C@@H](NC(=O)[C@H](CCN)CC(=O)c1ccc(-c2ccc(Cl)cc2)cc1)[C@@H](C)O. The predicted octanol–water partition coefficient (Wildman–Crippen LogP) is 4.35. The number of aliphatic hydroxyl groups is 1. The van der Waals surface area contributed by atoms with Crippen LogP contribution in [-0.2, 0) is 28.7 Å². The summed E-state index contributed by atoms with van der Waals surface area (Å²) in [7, 11) is 0. The highest BCUT2D eigenvalue weighted by Crippen LogP contribution is 2.30. The molecule has 2 aromatic carbocycles. The van der Waals surface area contributed by atoms with E-state index < -0.39 is 59.6 Å². The molecule has 0 aliphatic carbocycles. The molecule has 2 amide bonds. The third-order valence-electron chi connectivity index (χ3n) is 9.87. The van der Waals surface area contributed by atoms with Gasteiger partial charge in [-0.25, -0.2) is 0 Å². The van der Waals surface area contributed by atoms with Crippen LogP contribution in [0, 0.1) is 17.8 Å². The van der Waals surface area contributed by atoms with Gasteiger partial charge >= 0.3 is 0 Å². The van der Waals surface area contributed by atoms with Crippen molar-refractivity contribution >= 4 is 46.5 Å². The fourth-order valence-corrected chi connectivity index (χ4v) is 6.59. The van der Waals surface area contributed by atoms with Crippen LogP contribution in [0.5, 0.6) is 0 Å². The highest BCUT2D eigenvalue weighted by Gasteiger charge is 2.45. The molecule has 0 bridgehead atoms. The Balaban J connectivity index is 1.60. The first-order valence-corrected chi connectivity index (χ1v) is 19.4. The predicted molar refractivity (Wildman–Crippen MR) is 208 cm³/mol.